The Morgan fingerprint density at radius 1 is 0.810 bits per heavy atom. The highest BCUT2D eigenvalue weighted by Crippen LogP contribution is 2.15. The van der Waals surface area contributed by atoms with Crippen LogP contribution in [0.5, 0.6) is 0 Å². The first-order valence-corrected chi connectivity index (χ1v) is 7.85. The minimum Gasteiger partial charge on any atom is -0.296 e. The lowest BCUT2D eigenvalue weighted by molar-refractivity contribution is 0.0733. The van der Waals surface area contributed by atoms with Gasteiger partial charge in [0.15, 0.2) is 0 Å². The lowest BCUT2D eigenvalue weighted by atomic mass is 10.1. The van der Waals surface area contributed by atoms with E-state index in [0.717, 1.165) is 32.7 Å². The molecule has 21 heavy (non-hydrogen) atoms. The van der Waals surface area contributed by atoms with Gasteiger partial charge in [-0.15, -0.1) is 0 Å². The summed E-state index contributed by atoms with van der Waals surface area (Å²) >= 11 is 0. The fraction of sp³-hybridized carbons (Fsp3) is 0.368. The Balaban J connectivity index is 1.54. The molecule has 3 rings (SSSR count). The summed E-state index contributed by atoms with van der Waals surface area (Å²) in [6, 6.07) is 22.2. The summed E-state index contributed by atoms with van der Waals surface area (Å²) in [4.78, 5) is 5.16. The third-order valence-electron chi connectivity index (χ3n) is 4.33. The van der Waals surface area contributed by atoms with E-state index in [1.165, 1.54) is 11.1 Å². The minimum atomic E-state index is 0.614. The first-order chi connectivity index (χ1) is 10.3. The van der Waals surface area contributed by atoms with Crippen LogP contribution in [0, 0.1) is 0 Å². The maximum Gasteiger partial charge on any atom is 0.0237 e. The highest BCUT2D eigenvalue weighted by Gasteiger charge is 2.23. The summed E-state index contributed by atoms with van der Waals surface area (Å²) in [6.07, 6.45) is 0. The zero-order valence-corrected chi connectivity index (χ0v) is 12.8. The maximum absolute atomic E-state index is 2.59. The van der Waals surface area contributed by atoms with Gasteiger partial charge in [-0.3, -0.25) is 9.80 Å². The van der Waals surface area contributed by atoms with Gasteiger partial charge < -0.3 is 0 Å². The van der Waals surface area contributed by atoms with Crippen LogP contribution in [0.2, 0.25) is 0 Å². The number of hydrogen-bond acceptors (Lipinski definition) is 2. The van der Waals surface area contributed by atoms with Gasteiger partial charge in [0.1, 0.15) is 0 Å². The first kappa shape index (κ1) is 14.3. The molecule has 0 N–H and O–H groups in total. The molecule has 0 aromatic heterocycles. The molecular formula is C19H24N2. The van der Waals surface area contributed by atoms with Crippen LogP contribution in [-0.2, 0) is 13.1 Å². The molecule has 1 aliphatic heterocycles. The zero-order valence-electron chi connectivity index (χ0n) is 12.8. The number of rotatable bonds is 4. The van der Waals surface area contributed by atoms with Crippen LogP contribution >= 0.6 is 0 Å². The van der Waals surface area contributed by atoms with Crippen LogP contribution in [-0.4, -0.2) is 35.5 Å². The average Bonchev–Trinajstić information content (AvgIpc) is 2.52. The normalized spacial score (nSPS) is 20.5. The van der Waals surface area contributed by atoms with Crippen molar-refractivity contribution in [2.24, 2.45) is 0 Å². The summed E-state index contributed by atoms with van der Waals surface area (Å²) in [5.74, 6) is 0. The fourth-order valence-electron chi connectivity index (χ4n) is 3.11. The second kappa shape index (κ2) is 6.88. The summed E-state index contributed by atoms with van der Waals surface area (Å²) in [5, 5.41) is 0. The zero-order chi connectivity index (χ0) is 14.5. The van der Waals surface area contributed by atoms with Gasteiger partial charge in [0.05, 0.1) is 0 Å². The highest BCUT2D eigenvalue weighted by molar-refractivity contribution is 5.16. The van der Waals surface area contributed by atoms with Crippen LogP contribution in [0.1, 0.15) is 18.1 Å². The molecule has 2 nitrogen and oxygen atoms in total. The van der Waals surface area contributed by atoms with E-state index < -0.39 is 0 Å². The van der Waals surface area contributed by atoms with Gasteiger partial charge in [0.2, 0.25) is 0 Å². The largest absolute Gasteiger partial charge is 0.296 e. The molecule has 0 radical (unpaired) electrons. The third kappa shape index (κ3) is 3.93. The van der Waals surface area contributed by atoms with Gasteiger partial charge in [-0.25, -0.2) is 0 Å². The molecule has 2 aromatic carbocycles. The molecule has 0 unspecified atom stereocenters. The standard InChI is InChI=1S/C19H24N2/c1-17-14-20(15-18-8-4-2-5-9-18)12-13-21(17)16-19-10-6-3-7-11-19/h2-11,17H,12-16H2,1H3/t17-/m1/s1. The Morgan fingerprint density at radius 3 is 1.95 bits per heavy atom. The van der Waals surface area contributed by atoms with Crippen molar-refractivity contribution in [3.8, 4) is 0 Å². The Labute approximate surface area is 128 Å². The summed E-state index contributed by atoms with van der Waals surface area (Å²) in [5.41, 5.74) is 2.84. The van der Waals surface area contributed by atoms with Gasteiger partial charge in [0.25, 0.3) is 0 Å². The molecule has 0 aliphatic carbocycles. The topological polar surface area (TPSA) is 6.48 Å². The van der Waals surface area contributed by atoms with E-state index in [1.54, 1.807) is 0 Å². The molecule has 2 aromatic rings. The molecule has 0 saturated carbocycles. The van der Waals surface area contributed by atoms with E-state index >= 15 is 0 Å². The van der Waals surface area contributed by atoms with E-state index in [1.807, 2.05) is 0 Å². The molecule has 2 heteroatoms. The monoisotopic (exact) mass is 280 g/mol. The summed E-state index contributed by atoms with van der Waals surface area (Å²) < 4.78 is 0. The van der Waals surface area contributed by atoms with Gasteiger partial charge in [-0.05, 0) is 18.1 Å². The van der Waals surface area contributed by atoms with Crippen LogP contribution in [0.4, 0.5) is 0 Å². The number of nitrogens with zero attached hydrogens (tertiary/aromatic N) is 2. The van der Waals surface area contributed by atoms with Crippen molar-refractivity contribution in [3.63, 3.8) is 0 Å². The van der Waals surface area contributed by atoms with Crippen molar-refractivity contribution < 1.29 is 0 Å². The average molecular weight is 280 g/mol. The van der Waals surface area contributed by atoms with E-state index in [4.69, 9.17) is 0 Å². The molecule has 1 heterocycles. The number of hydrogen-bond donors (Lipinski definition) is 0. The molecule has 1 fully saturated rings. The van der Waals surface area contributed by atoms with Crippen molar-refractivity contribution in [2.45, 2.75) is 26.1 Å². The number of piperazine rings is 1. The van der Waals surface area contributed by atoms with Crippen LogP contribution in [0.25, 0.3) is 0 Å². The van der Waals surface area contributed by atoms with E-state index in [-0.39, 0.29) is 0 Å². The SMILES string of the molecule is C[C@@H]1CN(Cc2ccccc2)CCN1Cc1ccccc1. The van der Waals surface area contributed by atoms with Crippen LogP contribution < -0.4 is 0 Å². The number of benzene rings is 2. The Kier molecular flexibility index (Phi) is 4.69. The molecule has 1 saturated heterocycles. The van der Waals surface area contributed by atoms with Crippen LogP contribution in [0.3, 0.4) is 0 Å². The molecule has 0 bridgehead atoms. The lowest BCUT2D eigenvalue weighted by Gasteiger charge is -2.40. The second-order valence-corrected chi connectivity index (χ2v) is 6.03. The van der Waals surface area contributed by atoms with Gasteiger partial charge >= 0.3 is 0 Å². The van der Waals surface area contributed by atoms with Gasteiger partial charge in [0, 0.05) is 38.8 Å². The predicted molar refractivity (Wildman–Crippen MR) is 88.0 cm³/mol. The molecular weight excluding hydrogens is 256 g/mol. The van der Waals surface area contributed by atoms with Gasteiger partial charge in [-0.1, -0.05) is 60.7 Å². The minimum absolute atomic E-state index is 0.614. The Bertz CT molecular complexity index is 538. The molecule has 110 valence electrons. The Hall–Kier alpha value is -1.64. The van der Waals surface area contributed by atoms with E-state index in [9.17, 15) is 0 Å². The van der Waals surface area contributed by atoms with E-state index in [2.05, 4.69) is 77.4 Å². The lowest BCUT2D eigenvalue weighted by Crippen LogP contribution is -2.50. The smallest absolute Gasteiger partial charge is 0.0237 e. The molecule has 1 atom stereocenters. The Morgan fingerprint density at radius 2 is 1.38 bits per heavy atom. The molecule has 0 amide bonds. The fourth-order valence-corrected chi connectivity index (χ4v) is 3.11. The van der Waals surface area contributed by atoms with Crippen molar-refractivity contribution in [1.82, 2.24) is 9.80 Å². The molecule has 0 spiro atoms. The highest BCUT2D eigenvalue weighted by atomic mass is 15.3. The second-order valence-electron chi connectivity index (χ2n) is 6.03. The summed E-state index contributed by atoms with van der Waals surface area (Å²) in [6.45, 7) is 7.96. The molecule has 1 aliphatic rings. The van der Waals surface area contributed by atoms with Crippen molar-refractivity contribution in [3.05, 3.63) is 71.8 Å². The maximum atomic E-state index is 2.59. The first-order valence-electron chi connectivity index (χ1n) is 7.85. The quantitative estimate of drug-likeness (QED) is 0.847. The third-order valence-corrected chi connectivity index (χ3v) is 4.33. The van der Waals surface area contributed by atoms with Gasteiger partial charge in [-0.2, -0.15) is 0 Å². The van der Waals surface area contributed by atoms with Crippen LogP contribution in [0.15, 0.2) is 60.7 Å². The predicted octanol–water partition coefficient (Wildman–Crippen LogP) is 3.39. The van der Waals surface area contributed by atoms with Crippen molar-refractivity contribution >= 4 is 0 Å². The summed E-state index contributed by atoms with van der Waals surface area (Å²) in [7, 11) is 0. The van der Waals surface area contributed by atoms with Crippen molar-refractivity contribution in [1.29, 1.82) is 0 Å². The van der Waals surface area contributed by atoms with Crippen molar-refractivity contribution in [2.75, 3.05) is 19.6 Å². The van der Waals surface area contributed by atoms with E-state index in [0.29, 0.717) is 6.04 Å².